The second kappa shape index (κ2) is 14.5. The van der Waals surface area contributed by atoms with Gasteiger partial charge in [0.1, 0.15) is 21.4 Å². The summed E-state index contributed by atoms with van der Waals surface area (Å²) in [4.78, 5) is 63.2. The molecule has 4 amide bonds. The lowest BCUT2D eigenvalue weighted by molar-refractivity contribution is -0.137. The van der Waals surface area contributed by atoms with Crippen LogP contribution in [0.3, 0.4) is 0 Å². The molecule has 42 heavy (non-hydrogen) atoms. The highest BCUT2D eigenvalue weighted by molar-refractivity contribution is 7.10. The van der Waals surface area contributed by atoms with E-state index < -0.39 is 18.1 Å². The van der Waals surface area contributed by atoms with Crippen molar-refractivity contribution in [1.82, 2.24) is 36.1 Å². The summed E-state index contributed by atoms with van der Waals surface area (Å²) in [7, 11) is 1.69. The number of aromatic nitrogens is 2. The van der Waals surface area contributed by atoms with E-state index in [4.69, 9.17) is 0 Å². The van der Waals surface area contributed by atoms with E-state index in [0.29, 0.717) is 29.4 Å². The van der Waals surface area contributed by atoms with Gasteiger partial charge >= 0.3 is 0 Å². The highest BCUT2D eigenvalue weighted by atomic mass is 32.1. The normalized spacial score (nSPS) is 19.6. The van der Waals surface area contributed by atoms with E-state index in [2.05, 4.69) is 31.2 Å². The third-order valence-corrected chi connectivity index (χ3v) is 8.87. The molecule has 4 bridgehead atoms. The number of carbonyl (C=O) groups is 4. The summed E-state index contributed by atoms with van der Waals surface area (Å²) in [5, 5.41) is 16.4. The molecular weight excluding hydrogens is 574 g/mol. The summed E-state index contributed by atoms with van der Waals surface area (Å²) >= 11 is 2.61. The van der Waals surface area contributed by atoms with Crippen molar-refractivity contribution in [1.29, 1.82) is 0 Å². The van der Waals surface area contributed by atoms with Crippen LogP contribution in [0.1, 0.15) is 75.8 Å². The number of hydrogen-bond donors (Lipinski definition) is 4. The first-order chi connectivity index (χ1) is 20.2. The molecule has 4 N–H and O–H groups in total. The van der Waals surface area contributed by atoms with E-state index in [1.807, 2.05) is 44.2 Å². The fourth-order valence-corrected chi connectivity index (χ4v) is 6.38. The molecular formula is C29H37N7O4S2. The van der Waals surface area contributed by atoms with Crippen molar-refractivity contribution in [2.45, 2.75) is 51.7 Å². The number of benzene rings is 1. The highest BCUT2D eigenvalue weighted by Gasteiger charge is 2.28. The van der Waals surface area contributed by atoms with E-state index in [9.17, 15) is 19.2 Å². The van der Waals surface area contributed by atoms with Crippen LogP contribution in [0.4, 0.5) is 0 Å². The van der Waals surface area contributed by atoms with Crippen LogP contribution in [-0.2, 0) is 16.0 Å². The van der Waals surface area contributed by atoms with Crippen LogP contribution in [0, 0.1) is 5.92 Å². The van der Waals surface area contributed by atoms with Gasteiger partial charge in [0.25, 0.3) is 11.8 Å². The van der Waals surface area contributed by atoms with Crippen molar-refractivity contribution in [3.63, 3.8) is 0 Å². The molecule has 0 fully saturated rings. The molecule has 3 heterocycles. The molecule has 13 heteroatoms. The average Bonchev–Trinajstić information content (AvgIpc) is 3.67. The number of hydrogen-bond acceptors (Lipinski definition) is 9. The van der Waals surface area contributed by atoms with Crippen molar-refractivity contribution in [2.24, 2.45) is 5.92 Å². The molecule has 3 atom stereocenters. The van der Waals surface area contributed by atoms with Gasteiger partial charge in [-0.1, -0.05) is 44.2 Å². The number of carbonyl (C=O) groups excluding carboxylic acids is 4. The van der Waals surface area contributed by atoms with Crippen molar-refractivity contribution in [2.75, 3.05) is 26.7 Å². The Kier molecular flexibility index (Phi) is 10.8. The van der Waals surface area contributed by atoms with Gasteiger partial charge < -0.3 is 26.2 Å². The van der Waals surface area contributed by atoms with E-state index in [1.165, 1.54) is 27.6 Å². The third kappa shape index (κ3) is 7.99. The third-order valence-electron chi connectivity index (χ3n) is 6.98. The predicted molar refractivity (Wildman–Crippen MR) is 162 cm³/mol. The minimum Gasteiger partial charge on any atom is -0.351 e. The van der Waals surface area contributed by atoms with E-state index in [-0.39, 0.29) is 54.0 Å². The van der Waals surface area contributed by atoms with Gasteiger partial charge in [0.05, 0.1) is 24.7 Å². The summed E-state index contributed by atoms with van der Waals surface area (Å²) in [6.07, 6.45) is 0.913. The fourth-order valence-electron chi connectivity index (χ4n) is 4.51. The molecule has 11 nitrogen and oxygen atoms in total. The van der Waals surface area contributed by atoms with Crippen LogP contribution >= 0.6 is 22.7 Å². The molecule has 4 rings (SSSR count). The lowest BCUT2D eigenvalue weighted by Crippen LogP contribution is -2.49. The van der Waals surface area contributed by atoms with Crippen molar-refractivity contribution < 1.29 is 19.2 Å². The molecule has 0 aliphatic carbocycles. The van der Waals surface area contributed by atoms with Gasteiger partial charge in [-0.15, -0.1) is 22.7 Å². The Balaban J connectivity index is 1.67. The average molecular weight is 612 g/mol. The molecule has 1 aliphatic rings. The Morgan fingerprint density at radius 3 is 2.36 bits per heavy atom. The Hall–Kier alpha value is -3.68. The van der Waals surface area contributed by atoms with Gasteiger partial charge in [-0.25, -0.2) is 9.97 Å². The molecule has 224 valence electrons. The molecule has 1 aliphatic heterocycles. The van der Waals surface area contributed by atoms with Crippen LogP contribution in [0.25, 0.3) is 0 Å². The van der Waals surface area contributed by atoms with Crippen molar-refractivity contribution in [3.8, 4) is 0 Å². The van der Waals surface area contributed by atoms with E-state index in [0.717, 1.165) is 5.56 Å². The summed E-state index contributed by atoms with van der Waals surface area (Å²) in [5.74, 6) is -1.25. The number of fused-ring (bicyclic) bond motifs is 4. The minimum atomic E-state index is -0.506. The Labute approximate surface area is 253 Å². The first-order valence-electron chi connectivity index (χ1n) is 14.0. The van der Waals surface area contributed by atoms with Gasteiger partial charge in [0, 0.05) is 23.8 Å². The largest absolute Gasteiger partial charge is 0.351 e. The van der Waals surface area contributed by atoms with Crippen molar-refractivity contribution >= 4 is 46.3 Å². The van der Waals surface area contributed by atoms with Crippen LogP contribution in [-0.4, -0.2) is 71.2 Å². The highest BCUT2D eigenvalue weighted by Crippen LogP contribution is 2.27. The Bertz CT molecular complexity index is 1390. The van der Waals surface area contributed by atoms with Crippen LogP contribution in [0.2, 0.25) is 0 Å². The van der Waals surface area contributed by atoms with Crippen LogP contribution < -0.4 is 21.3 Å². The zero-order chi connectivity index (χ0) is 30.2. The van der Waals surface area contributed by atoms with E-state index >= 15 is 0 Å². The SMILES string of the molecule is CN[C@@H](C)C(=O)N1CCCNC(=O)c2csc(n2)[C@H](C(C)C)NC(=O)c2csc(n2)C(Cc2ccccc2)NC(=O)C1. The quantitative estimate of drug-likeness (QED) is 0.347. The molecule has 0 saturated carbocycles. The zero-order valence-electron chi connectivity index (χ0n) is 24.2. The topological polar surface area (TPSA) is 145 Å². The zero-order valence-corrected chi connectivity index (χ0v) is 25.8. The van der Waals surface area contributed by atoms with Gasteiger partial charge in [-0.3, -0.25) is 19.2 Å². The van der Waals surface area contributed by atoms with Gasteiger partial charge in [-0.2, -0.15) is 0 Å². The second-order valence-electron chi connectivity index (χ2n) is 10.5. The second-order valence-corrected chi connectivity index (χ2v) is 12.3. The lowest BCUT2D eigenvalue weighted by Gasteiger charge is -2.26. The molecule has 3 aromatic rings. The van der Waals surface area contributed by atoms with Crippen LogP contribution in [0.5, 0.6) is 0 Å². The monoisotopic (exact) mass is 611 g/mol. The number of amides is 4. The fraction of sp³-hybridized carbons (Fsp3) is 0.448. The number of rotatable bonds is 5. The molecule has 0 saturated heterocycles. The number of likely N-dealkylation sites (N-methyl/N-ethyl adjacent to an activating group) is 1. The summed E-state index contributed by atoms with van der Waals surface area (Å²) in [5.41, 5.74) is 1.50. The smallest absolute Gasteiger partial charge is 0.271 e. The van der Waals surface area contributed by atoms with Gasteiger partial charge in [0.15, 0.2) is 0 Å². The summed E-state index contributed by atoms with van der Waals surface area (Å²) in [6, 6.07) is 8.30. The molecule has 1 unspecified atom stereocenters. The van der Waals surface area contributed by atoms with Crippen molar-refractivity contribution in [3.05, 3.63) is 68.1 Å². The van der Waals surface area contributed by atoms with Gasteiger partial charge in [-0.05, 0) is 38.3 Å². The van der Waals surface area contributed by atoms with Crippen LogP contribution in [0.15, 0.2) is 41.1 Å². The Morgan fingerprint density at radius 2 is 1.67 bits per heavy atom. The van der Waals surface area contributed by atoms with Gasteiger partial charge in [0.2, 0.25) is 11.8 Å². The summed E-state index contributed by atoms with van der Waals surface area (Å²) < 4.78 is 0. The van der Waals surface area contributed by atoms with E-state index in [1.54, 1.807) is 24.7 Å². The maximum atomic E-state index is 13.4. The summed E-state index contributed by atoms with van der Waals surface area (Å²) in [6.45, 7) is 6.10. The maximum Gasteiger partial charge on any atom is 0.271 e. The molecule has 0 radical (unpaired) electrons. The lowest BCUT2D eigenvalue weighted by atomic mass is 10.0. The predicted octanol–water partition coefficient (Wildman–Crippen LogP) is 2.70. The number of nitrogens with one attached hydrogen (secondary N) is 4. The first-order valence-corrected chi connectivity index (χ1v) is 15.7. The minimum absolute atomic E-state index is 0.0110. The number of thiazole rings is 2. The molecule has 0 spiro atoms. The number of nitrogens with zero attached hydrogens (tertiary/aromatic N) is 3. The molecule has 2 aromatic heterocycles. The maximum absolute atomic E-state index is 13.4. The molecule has 1 aromatic carbocycles. The first kappa shape index (κ1) is 31.3. The Morgan fingerprint density at radius 1 is 1.00 bits per heavy atom. The standard InChI is InChI=1S/C29H37N7O4S2/c1-17(2)24-28-34-21(15-42-28)25(38)31-11-8-12-36(29(40)18(3)30-4)14-23(37)32-20(13-19-9-6-5-7-10-19)27-33-22(16-41-27)26(39)35-24/h5-7,9-10,15-18,20,24,30H,8,11-14H2,1-4H3,(H,31,38)(H,32,37)(H,35,39)/t18-,20?,24-/m0/s1.